The van der Waals surface area contributed by atoms with Gasteiger partial charge in [-0.3, -0.25) is 4.79 Å². The molecule has 0 aromatic heterocycles. The Bertz CT molecular complexity index is 878. The number of methoxy groups -OCH3 is 4. The van der Waals surface area contributed by atoms with Gasteiger partial charge in [0.25, 0.3) is 0 Å². The van der Waals surface area contributed by atoms with Crippen LogP contribution in [0.5, 0.6) is 23.0 Å². The smallest absolute Gasteiger partial charge is 0.244 e. The molecule has 1 N–H and O–H groups in total. The fourth-order valence-electron chi connectivity index (χ4n) is 3.69. The van der Waals surface area contributed by atoms with Crippen LogP contribution in [0.1, 0.15) is 18.4 Å². The lowest BCUT2D eigenvalue weighted by molar-refractivity contribution is -0.117. The highest BCUT2D eigenvalue weighted by atomic mass is 16.5. The molecule has 31 heavy (non-hydrogen) atoms. The highest BCUT2D eigenvalue weighted by molar-refractivity contribution is 5.92. The maximum absolute atomic E-state index is 12.4. The van der Waals surface area contributed by atoms with E-state index >= 15 is 0 Å². The fraction of sp³-hybridized carbons (Fsp3) is 0.375. The summed E-state index contributed by atoms with van der Waals surface area (Å²) in [5.41, 5.74) is 1.96. The van der Waals surface area contributed by atoms with E-state index < -0.39 is 0 Å². The summed E-state index contributed by atoms with van der Waals surface area (Å²) in [6.45, 7) is 1.79. The van der Waals surface area contributed by atoms with E-state index in [1.165, 1.54) is 11.8 Å². The van der Waals surface area contributed by atoms with Gasteiger partial charge in [0.2, 0.25) is 11.7 Å². The van der Waals surface area contributed by atoms with Gasteiger partial charge in [0.05, 0.1) is 28.4 Å². The molecule has 7 heteroatoms. The molecule has 0 aliphatic carbocycles. The third kappa shape index (κ3) is 5.63. The van der Waals surface area contributed by atoms with Gasteiger partial charge in [0.15, 0.2) is 11.5 Å². The molecule has 3 rings (SSSR count). The summed E-state index contributed by atoms with van der Waals surface area (Å²) in [7, 11) is 6.36. The van der Waals surface area contributed by atoms with Crippen LogP contribution in [0.25, 0.3) is 6.08 Å². The second-order valence-corrected chi connectivity index (χ2v) is 7.26. The average molecular weight is 427 g/mol. The Morgan fingerprint density at radius 1 is 0.935 bits per heavy atom. The summed E-state index contributed by atoms with van der Waals surface area (Å²) >= 11 is 0. The first kappa shape index (κ1) is 22.3. The van der Waals surface area contributed by atoms with Gasteiger partial charge in [-0.2, -0.15) is 0 Å². The van der Waals surface area contributed by atoms with Crippen LogP contribution in [0, 0.1) is 0 Å². The summed E-state index contributed by atoms with van der Waals surface area (Å²) < 4.78 is 21.3. The van der Waals surface area contributed by atoms with Crippen LogP contribution in [-0.2, 0) is 4.79 Å². The monoisotopic (exact) mass is 426 g/mol. The fourth-order valence-corrected chi connectivity index (χ4v) is 3.69. The van der Waals surface area contributed by atoms with Crippen molar-refractivity contribution in [2.75, 3.05) is 46.4 Å². The number of carbonyl (C=O) groups excluding carboxylic acids is 1. The van der Waals surface area contributed by atoms with E-state index in [9.17, 15) is 4.79 Å². The Kier molecular flexibility index (Phi) is 7.65. The molecule has 7 nitrogen and oxygen atoms in total. The quantitative estimate of drug-likeness (QED) is 0.652. The van der Waals surface area contributed by atoms with Crippen LogP contribution in [0.2, 0.25) is 0 Å². The van der Waals surface area contributed by atoms with E-state index in [0.29, 0.717) is 17.2 Å². The first-order valence-corrected chi connectivity index (χ1v) is 10.3. The van der Waals surface area contributed by atoms with Crippen LogP contribution in [0.3, 0.4) is 0 Å². The number of hydrogen-bond acceptors (Lipinski definition) is 6. The van der Waals surface area contributed by atoms with Crippen molar-refractivity contribution in [1.29, 1.82) is 0 Å². The van der Waals surface area contributed by atoms with Gasteiger partial charge in [0, 0.05) is 30.9 Å². The largest absolute Gasteiger partial charge is 0.497 e. The van der Waals surface area contributed by atoms with Gasteiger partial charge in [-0.25, -0.2) is 0 Å². The van der Waals surface area contributed by atoms with Crippen molar-refractivity contribution >= 4 is 17.7 Å². The topological polar surface area (TPSA) is 69.3 Å². The van der Waals surface area contributed by atoms with Gasteiger partial charge in [0.1, 0.15) is 5.75 Å². The molecule has 1 fully saturated rings. The van der Waals surface area contributed by atoms with E-state index in [1.54, 1.807) is 46.6 Å². The maximum atomic E-state index is 12.4. The van der Waals surface area contributed by atoms with Crippen LogP contribution >= 0.6 is 0 Å². The predicted octanol–water partition coefficient (Wildman–Crippen LogP) is 3.52. The zero-order valence-electron chi connectivity index (χ0n) is 18.5. The normalized spacial score (nSPS) is 14.4. The van der Waals surface area contributed by atoms with Gasteiger partial charge in [-0.1, -0.05) is 0 Å². The predicted molar refractivity (Wildman–Crippen MR) is 122 cm³/mol. The van der Waals surface area contributed by atoms with Crippen molar-refractivity contribution in [2.45, 2.75) is 18.9 Å². The summed E-state index contributed by atoms with van der Waals surface area (Å²) in [6, 6.07) is 11.8. The molecule has 2 aromatic carbocycles. The highest BCUT2D eigenvalue weighted by Gasteiger charge is 2.20. The van der Waals surface area contributed by atoms with Gasteiger partial charge >= 0.3 is 0 Å². The summed E-state index contributed by atoms with van der Waals surface area (Å²) in [5.74, 6) is 2.36. The molecule has 0 radical (unpaired) electrons. The molecule has 0 bridgehead atoms. The van der Waals surface area contributed by atoms with Crippen LogP contribution in [0.4, 0.5) is 5.69 Å². The van der Waals surface area contributed by atoms with Crippen LogP contribution in [-0.4, -0.2) is 53.5 Å². The number of ether oxygens (including phenoxy) is 4. The minimum atomic E-state index is -0.114. The van der Waals surface area contributed by atoms with Gasteiger partial charge in [-0.15, -0.1) is 0 Å². The SMILES string of the molecule is COc1ccc(N2CCC(NC(=O)/C=C/c3cc(OC)c(OC)c(OC)c3)CC2)cc1. The first-order chi connectivity index (χ1) is 15.1. The molecule has 1 heterocycles. The second kappa shape index (κ2) is 10.6. The molecule has 1 aliphatic heterocycles. The Morgan fingerprint density at radius 2 is 1.55 bits per heavy atom. The van der Waals surface area contributed by atoms with E-state index in [4.69, 9.17) is 18.9 Å². The zero-order valence-corrected chi connectivity index (χ0v) is 18.5. The van der Waals surface area contributed by atoms with Crippen molar-refractivity contribution < 1.29 is 23.7 Å². The Balaban J connectivity index is 1.55. The zero-order chi connectivity index (χ0) is 22.2. The number of nitrogens with zero attached hydrogens (tertiary/aromatic N) is 1. The van der Waals surface area contributed by atoms with E-state index in [1.807, 2.05) is 12.1 Å². The number of benzene rings is 2. The van der Waals surface area contributed by atoms with Crippen molar-refractivity contribution in [2.24, 2.45) is 0 Å². The molecule has 166 valence electrons. The minimum absolute atomic E-state index is 0.114. The molecule has 1 saturated heterocycles. The maximum Gasteiger partial charge on any atom is 0.244 e. The molecular weight excluding hydrogens is 396 g/mol. The third-order valence-electron chi connectivity index (χ3n) is 5.39. The minimum Gasteiger partial charge on any atom is -0.497 e. The number of rotatable bonds is 8. The number of nitrogens with one attached hydrogen (secondary N) is 1. The van der Waals surface area contributed by atoms with Crippen molar-refractivity contribution in [1.82, 2.24) is 5.32 Å². The lowest BCUT2D eigenvalue weighted by Crippen LogP contribution is -2.44. The molecule has 0 atom stereocenters. The van der Waals surface area contributed by atoms with Crippen molar-refractivity contribution in [3.05, 3.63) is 48.0 Å². The summed E-state index contributed by atoms with van der Waals surface area (Å²) in [4.78, 5) is 14.8. The van der Waals surface area contributed by atoms with Crippen LogP contribution in [0.15, 0.2) is 42.5 Å². The molecule has 0 unspecified atom stereocenters. The molecule has 1 aliphatic rings. The molecule has 0 saturated carbocycles. The van der Waals surface area contributed by atoms with E-state index in [2.05, 4.69) is 22.3 Å². The summed E-state index contributed by atoms with van der Waals surface area (Å²) in [6.07, 6.45) is 5.08. The van der Waals surface area contributed by atoms with Gasteiger partial charge in [-0.05, 0) is 60.9 Å². The lowest BCUT2D eigenvalue weighted by atomic mass is 10.0. The third-order valence-corrected chi connectivity index (χ3v) is 5.39. The van der Waals surface area contributed by atoms with E-state index in [0.717, 1.165) is 37.2 Å². The molecular formula is C24H30N2O5. The number of carbonyl (C=O) groups is 1. The van der Waals surface area contributed by atoms with Crippen molar-refractivity contribution in [3.63, 3.8) is 0 Å². The Hall–Kier alpha value is -3.35. The molecule has 2 aromatic rings. The lowest BCUT2D eigenvalue weighted by Gasteiger charge is -2.33. The molecule has 1 amide bonds. The second-order valence-electron chi connectivity index (χ2n) is 7.26. The highest BCUT2D eigenvalue weighted by Crippen LogP contribution is 2.38. The first-order valence-electron chi connectivity index (χ1n) is 10.3. The summed E-state index contributed by atoms with van der Waals surface area (Å²) in [5, 5.41) is 3.10. The number of anilines is 1. The number of piperidine rings is 1. The van der Waals surface area contributed by atoms with E-state index in [-0.39, 0.29) is 11.9 Å². The molecule has 0 spiro atoms. The van der Waals surface area contributed by atoms with Gasteiger partial charge < -0.3 is 29.2 Å². The average Bonchev–Trinajstić information content (AvgIpc) is 2.82. The Labute approximate surface area is 183 Å². The Morgan fingerprint density at radius 3 is 2.06 bits per heavy atom. The standard InChI is InChI=1S/C24H30N2O5/c1-28-20-8-6-19(7-9-20)26-13-11-18(12-14-26)25-23(27)10-5-17-15-21(29-2)24(31-4)22(16-17)30-3/h5-10,15-16,18H,11-14H2,1-4H3,(H,25,27)/b10-5+. The number of amides is 1. The van der Waals surface area contributed by atoms with Crippen LogP contribution < -0.4 is 29.2 Å². The number of hydrogen-bond donors (Lipinski definition) is 1. The van der Waals surface area contributed by atoms with Crippen molar-refractivity contribution in [3.8, 4) is 23.0 Å².